The predicted molar refractivity (Wildman–Crippen MR) is 90.9 cm³/mol. The second kappa shape index (κ2) is 7.06. The smallest absolute Gasteiger partial charge is 0.419 e. The fourth-order valence-electron chi connectivity index (χ4n) is 2.42. The number of aryl methyl sites for hydroxylation is 1. The molecule has 0 unspecified atom stereocenters. The Balaban J connectivity index is 2.04. The first-order valence-corrected chi connectivity index (χ1v) is 7.65. The van der Waals surface area contributed by atoms with Gasteiger partial charge in [-0.1, -0.05) is 0 Å². The number of aromatic nitrogens is 4. The van der Waals surface area contributed by atoms with Crippen molar-refractivity contribution in [2.24, 2.45) is 7.05 Å². The zero-order valence-electron chi connectivity index (χ0n) is 14.3. The SMILES string of the molecule is COc1cc(C=O)ccc1Nc1ncc(C(F)(F)F)c(-c2cnn(C)c2)n1. The van der Waals surface area contributed by atoms with Gasteiger partial charge in [-0.05, 0) is 18.2 Å². The minimum atomic E-state index is -4.62. The van der Waals surface area contributed by atoms with Crippen LogP contribution in [0, 0.1) is 0 Å². The first kappa shape index (κ1) is 18.4. The van der Waals surface area contributed by atoms with Crippen LogP contribution in [0.2, 0.25) is 0 Å². The van der Waals surface area contributed by atoms with E-state index in [2.05, 4.69) is 20.4 Å². The van der Waals surface area contributed by atoms with Crippen molar-refractivity contribution in [3.63, 3.8) is 0 Å². The number of rotatable bonds is 5. The van der Waals surface area contributed by atoms with Gasteiger partial charge in [-0.3, -0.25) is 9.48 Å². The van der Waals surface area contributed by atoms with E-state index in [0.717, 1.165) is 0 Å². The van der Waals surface area contributed by atoms with Crippen molar-refractivity contribution in [1.29, 1.82) is 0 Å². The lowest BCUT2D eigenvalue weighted by molar-refractivity contribution is -0.137. The standard InChI is InChI=1S/C17H14F3N5O2/c1-25-8-11(6-22-25)15-12(17(18,19)20)7-21-16(24-15)23-13-4-3-10(9-26)5-14(13)27-2/h3-9H,1-2H3,(H,21,23,24). The van der Waals surface area contributed by atoms with Gasteiger partial charge in [0.2, 0.25) is 5.95 Å². The number of benzene rings is 1. The number of hydrogen-bond acceptors (Lipinski definition) is 6. The fourth-order valence-corrected chi connectivity index (χ4v) is 2.42. The third-order valence-corrected chi connectivity index (χ3v) is 3.68. The molecule has 27 heavy (non-hydrogen) atoms. The van der Waals surface area contributed by atoms with E-state index in [1.54, 1.807) is 13.1 Å². The van der Waals surface area contributed by atoms with Gasteiger partial charge in [-0.2, -0.15) is 18.3 Å². The highest BCUT2D eigenvalue weighted by Gasteiger charge is 2.35. The van der Waals surface area contributed by atoms with Gasteiger partial charge in [0.25, 0.3) is 0 Å². The molecule has 3 aromatic rings. The molecule has 0 fully saturated rings. The van der Waals surface area contributed by atoms with Crippen molar-refractivity contribution < 1.29 is 22.7 Å². The molecular weight excluding hydrogens is 363 g/mol. The summed E-state index contributed by atoms with van der Waals surface area (Å²) in [6, 6.07) is 4.57. The molecule has 0 spiro atoms. The summed E-state index contributed by atoms with van der Waals surface area (Å²) in [7, 11) is 3.00. The molecule has 0 amide bonds. The molecule has 2 aromatic heterocycles. The summed E-state index contributed by atoms with van der Waals surface area (Å²) in [6.07, 6.45) is -0.528. The van der Waals surface area contributed by atoms with Crippen LogP contribution < -0.4 is 10.1 Å². The molecule has 0 bridgehead atoms. The third-order valence-electron chi connectivity index (χ3n) is 3.68. The second-order valence-corrected chi connectivity index (χ2v) is 5.56. The van der Waals surface area contributed by atoms with Gasteiger partial charge in [0.15, 0.2) is 0 Å². The number of carbonyl (C=O) groups is 1. The van der Waals surface area contributed by atoms with Crippen LogP contribution in [0.1, 0.15) is 15.9 Å². The first-order chi connectivity index (χ1) is 12.8. The van der Waals surface area contributed by atoms with Crippen LogP contribution in [0.4, 0.5) is 24.8 Å². The minimum absolute atomic E-state index is 0.0565. The van der Waals surface area contributed by atoms with Crippen LogP contribution in [0.15, 0.2) is 36.8 Å². The highest BCUT2D eigenvalue weighted by molar-refractivity contribution is 5.79. The van der Waals surface area contributed by atoms with Crippen LogP contribution in [0.25, 0.3) is 11.3 Å². The Morgan fingerprint density at radius 3 is 2.63 bits per heavy atom. The number of halogens is 3. The van der Waals surface area contributed by atoms with E-state index in [9.17, 15) is 18.0 Å². The number of ether oxygens (including phenoxy) is 1. The van der Waals surface area contributed by atoms with Gasteiger partial charge in [0, 0.05) is 30.6 Å². The predicted octanol–water partition coefficient (Wildman–Crippen LogP) is 3.46. The van der Waals surface area contributed by atoms with Crippen LogP contribution in [-0.4, -0.2) is 33.1 Å². The lowest BCUT2D eigenvalue weighted by Gasteiger charge is -2.14. The van der Waals surface area contributed by atoms with Crippen molar-refractivity contribution in [2.45, 2.75) is 6.18 Å². The van der Waals surface area contributed by atoms with Gasteiger partial charge in [-0.25, -0.2) is 9.97 Å². The normalized spacial score (nSPS) is 11.3. The molecule has 7 nitrogen and oxygen atoms in total. The van der Waals surface area contributed by atoms with Crippen LogP contribution in [-0.2, 0) is 13.2 Å². The summed E-state index contributed by atoms with van der Waals surface area (Å²) < 4.78 is 46.5. The van der Waals surface area contributed by atoms with E-state index in [1.165, 1.54) is 36.3 Å². The van der Waals surface area contributed by atoms with Crippen LogP contribution >= 0.6 is 0 Å². The molecule has 0 atom stereocenters. The van der Waals surface area contributed by atoms with Gasteiger partial charge in [0.1, 0.15) is 17.6 Å². The van der Waals surface area contributed by atoms with Gasteiger partial charge in [-0.15, -0.1) is 0 Å². The topological polar surface area (TPSA) is 81.9 Å². The number of nitrogens with zero attached hydrogens (tertiary/aromatic N) is 4. The average Bonchev–Trinajstić information content (AvgIpc) is 3.07. The molecule has 0 saturated carbocycles. The highest BCUT2D eigenvalue weighted by atomic mass is 19.4. The number of methoxy groups -OCH3 is 1. The van der Waals surface area contributed by atoms with Crippen molar-refractivity contribution in [3.8, 4) is 17.0 Å². The molecule has 0 aliphatic heterocycles. The summed E-state index contributed by atoms with van der Waals surface area (Å²) in [5.41, 5.74) is -0.263. The van der Waals surface area contributed by atoms with Crippen molar-refractivity contribution in [3.05, 3.63) is 47.9 Å². The van der Waals surface area contributed by atoms with Crippen LogP contribution in [0.3, 0.4) is 0 Å². The molecule has 0 aliphatic rings. The number of hydrogen-bond donors (Lipinski definition) is 1. The third kappa shape index (κ3) is 3.89. The zero-order chi connectivity index (χ0) is 19.6. The summed E-state index contributed by atoms with van der Waals surface area (Å²) in [6.45, 7) is 0. The van der Waals surface area contributed by atoms with Gasteiger partial charge >= 0.3 is 6.18 Å². The molecule has 2 heterocycles. The lowest BCUT2D eigenvalue weighted by Crippen LogP contribution is -2.11. The maximum Gasteiger partial charge on any atom is 0.419 e. The Morgan fingerprint density at radius 2 is 2.04 bits per heavy atom. The number of carbonyl (C=O) groups excluding carboxylic acids is 1. The molecule has 140 valence electrons. The summed E-state index contributed by atoms with van der Waals surface area (Å²) in [4.78, 5) is 18.6. The number of anilines is 2. The van der Waals surface area contributed by atoms with E-state index in [1.807, 2.05) is 0 Å². The van der Waals surface area contributed by atoms with Crippen molar-refractivity contribution >= 4 is 17.9 Å². The Morgan fingerprint density at radius 1 is 1.26 bits per heavy atom. The molecule has 1 aromatic carbocycles. The molecule has 3 rings (SSSR count). The van der Waals surface area contributed by atoms with Crippen molar-refractivity contribution in [2.75, 3.05) is 12.4 Å². The summed E-state index contributed by atoms with van der Waals surface area (Å²) in [5.74, 6) is 0.269. The largest absolute Gasteiger partial charge is 0.495 e. The number of alkyl halides is 3. The summed E-state index contributed by atoms with van der Waals surface area (Å²) in [5, 5.41) is 6.70. The highest BCUT2D eigenvalue weighted by Crippen LogP contribution is 2.36. The molecular formula is C17H14F3N5O2. The number of aldehydes is 1. The Bertz CT molecular complexity index is 985. The Hall–Kier alpha value is -3.43. The first-order valence-electron chi connectivity index (χ1n) is 7.65. The van der Waals surface area contributed by atoms with E-state index in [4.69, 9.17) is 4.74 Å². The van der Waals surface area contributed by atoms with Crippen LogP contribution in [0.5, 0.6) is 5.75 Å². The van der Waals surface area contributed by atoms with Crippen molar-refractivity contribution in [1.82, 2.24) is 19.7 Å². The van der Waals surface area contributed by atoms with E-state index >= 15 is 0 Å². The second-order valence-electron chi connectivity index (χ2n) is 5.56. The quantitative estimate of drug-likeness (QED) is 0.686. The minimum Gasteiger partial charge on any atom is -0.495 e. The van der Waals surface area contributed by atoms with E-state index in [0.29, 0.717) is 29.5 Å². The maximum atomic E-state index is 13.3. The van der Waals surface area contributed by atoms with Gasteiger partial charge in [0.05, 0.1) is 24.7 Å². The van der Waals surface area contributed by atoms with Gasteiger partial charge < -0.3 is 10.1 Å². The van der Waals surface area contributed by atoms with E-state index < -0.39 is 11.7 Å². The maximum absolute atomic E-state index is 13.3. The summed E-state index contributed by atoms with van der Waals surface area (Å²) >= 11 is 0. The molecule has 1 N–H and O–H groups in total. The monoisotopic (exact) mass is 377 g/mol. The molecule has 0 saturated heterocycles. The Kier molecular flexibility index (Phi) is 4.80. The lowest BCUT2D eigenvalue weighted by atomic mass is 10.1. The van der Waals surface area contributed by atoms with E-state index in [-0.39, 0.29) is 17.2 Å². The molecule has 0 aliphatic carbocycles. The molecule has 10 heteroatoms. The number of nitrogens with one attached hydrogen (secondary N) is 1. The Labute approximate surface area is 151 Å². The molecule has 0 radical (unpaired) electrons. The average molecular weight is 377 g/mol. The fraction of sp³-hybridized carbons (Fsp3) is 0.176. The zero-order valence-corrected chi connectivity index (χ0v) is 14.3.